The van der Waals surface area contributed by atoms with Gasteiger partial charge in [0.15, 0.2) is 0 Å². The Morgan fingerprint density at radius 3 is 2.93 bits per heavy atom. The number of imidazole rings is 1. The van der Waals surface area contributed by atoms with Crippen molar-refractivity contribution in [1.29, 1.82) is 0 Å². The first-order valence-electron chi connectivity index (χ1n) is 9.24. The molecule has 0 bridgehead atoms. The zero-order valence-electron chi connectivity index (χ0n) is 15.8. The van der Waals surface area contributed by atoms with Gasteiger partial charge in [-0.3, -0.25) is 9.48 Å². The number of carboxylic acids is 1. The Bertz CT molecular complexity index is 1160. The van der Waals surface area contributed by atoms with Crippen molar-refractivity contribution in [1.82, 2.24) is 24.5 Å². The molecule has 2 heterocycles. The summed E-state index contributed by atoms with van der Waals surface area (Å²) < 4.78 is 30.2. The minimum Gasteiger partial charge on any atom is -0.480 e. The van der Waals surface area contributed by atoms with Crippen molar-refractivity contribution < 1.29 is 18.3 Å². The molecule has 1 aliphatic rings. The largest absolute Gasteiger partial charge is 0.480 e. The third-order valence-corrected chi connectivity index (χ3v) is 6.44. The number of aryl methyl sites for hydroxylation is 1. The molecule has 4 rings (SSSR count). The molecule has 10 heteroatoms. The Morgan fingerprint density at radius 1 is 1.38 bits per heavy atom. The molecule has 0 spiro atoms. The van der Waals surface area contributed by atoms with E-state index >= 15 is 0 Å². The topological polar surface area (TPSA) is 130 Å². The van der Waals surface area contributed by atoms with Crippen LogP contribution in [0.4, 0.5) is 0 Å². The lowest BCUT2D eigenvalue weighted by atomic mass is 9.94. The molecule has 0 radical (unpaired) electrons. The van der Waals surface area contributed by atoms with Crippen molar-refractivity contribution in [2.45, 2.75) is 43.7 Å². The first-order chi connectivity index (χ1) is 13.8. The van der Waals surface area contributed by atoms with E-state index in [4.69, 9.17) is 5.11 Å². The smallest absolute Gasteiger partial charge is 0.325 e. The molecule has 152 valence electrons. The van der Waals surface area contributed by atoms with Crippen LogP contribution >= 0.6 is 0 Å². The summed E-state index contributed by atoms with van der Waals surface area (Å²) in [6, 6.07) is 6.16. The zero-order chi connectivity index (χ0) is 20.6. The summed E-state index contributed by atoms with van der Waals surface area (Å²) >= 11 is 0. The van der Waals surface area contributed by atoms with Gasteiger partial charge in [-0.15, -0.1) is 0 Å². The van der Waals surface area contributed by atoms with Crippen LogP contribution in [-0.2, 0) is 27.8 Å². The first-order valence-corrected chi connectivity index (χ1v) is 10.7. The maximum absolute atomic E-state index is 13.0. The lowest BCUT2D eigenvalue weighted by Crippen LogP contribution is -2.31. The molecule has 29 heavy (non-hydrogen) atoms. The van der Waals surface area contributed by atoms with E-state index in [1.165, 1.54) is 4.68 Å². The molecule has 0 saturated carbocycles. The number of fused-ring (bicyclic) bond motifs is 1. The third kappa shape index (κ3) is 3.94. The number of nitrogens with one attached hydrogen (secondary N) is 2. The van der Waals surface area contributed by atoms with Crippen LogP contribution in [0.5, 0.6) is 0 Å². The highest BCUT2D eigenvalue weighted by atomic mass is 32.2. The third-order valence-electron chi connectivity index (χ3n) is 4.97. The standard InChI is InChI=1S/C19H21N5O4S/c1-12-9-20-19(22-12)13-4-2-5-14(8-13)29(27,28)23-16-6-3-7-17-15(16)10-21-24(17)11-18(25)26/h2,4-5,8-10,16,23H,3,6-7,11H2,1H3,(H,20,22)(H,25,26). The molecule has 3 aromatic rings. The number of carbonyl (C=O) groups is 1. The van der Waals surface area contributed by atoms with E-state index < -0.39 is 22.0 Å². The van der Waals surface area contributed by atoms with Crippen molar-refractivity contribution in [2.75, 3.05) is 0 Å². The highest BCUT2D eigenvalue weighted by Gasteiger charge is 2.29. The number of benzene rings is 1. The van der Waals surface area contributed by atoms with Crippen molar-refractivity contribution in [3.8, 4) is 11.4 Å². The van der Waals surface area contributed by atoms with Gasteiger partial charge in [-0.25, -0.2) is 18.1 Å². The van der Waals surface area contributed by atoms with Crippen LogP contribution in [0, 0.1) is 6.92 Å². The van der Waals surface area contributed by atoms with Crippen LogP contribution in [0.1, 0.15) is 35.8 Å². The van der Waals surface area contributed by atoms with Gasteiger partial charge in [0, 0.05) is 28.7 Å². The maximum Gasteiger partial charge on any atom is 0.325 e. The SMILES string of the molecule is Cc1cnc(-c2cccc(S(=O)(=O)NC3CCCc4c3cnn4CC(=O)O)c2)[nH]1. The number of aromatic nitrogens is 4. The van der Waals surface area contributed by atoms with Crippen LogP contribution in [0.3, 0.4) is 0 Å². The predicted molar refractivity (Wildman–Crippen MR) is 105 cm³/mol. The Morgan fingerprint density at radius 2 is 2.21 bits per heavy atom. The number of hydrogen-bond acceptors (Lipinski definition) is 5. The van der Waals surface area contributed by atoms with Gasteiger partial charge in [-0.2, -0.15) is 5.10 Å². The molecule has 0 aliphatic heterocycles. The highest BCUT2D eigenvalue weighted by molar-refractivity contribution is 7.89. The second-order valence-corrected chi connectivity index (χ2v) is 8.82. The number of H-pyrrole nitrogens is 1. The fourth-order valence-electron chi connectivity index (χ4n) is 3.63. The average molecular weight is 415 g/mol. The van der Waals surface area contributed by atoms with Crippen LogP contribution < -0.4 is 4.72 Å². The van der Waals surface area contributed by atoms with Gasteiger partial charge in [0.25, 0.3) is 0 Å². The first kappa shape index (κ1) is 19.3. The number of carboxylic acid groups (broad SMARTS) is 1. The van der Waals surface area contributed by atoms with E-state index in [-0.39, 0.29) is 11.4 Å². The average Bonchev–Trinajstić information content (AvgIpc) is 3.29. The van der Waals surface area contributed by atoms with Crippen molar-refractivity contribution in [2.24, 2.45) is 0 Å². The molecule has 1 aromatic carbocycles. The Hall–Kier alpha value is -2.98. The summed E-state index contributed by atoms with van der Waals surface area (Å²) in [6.07, 6.45) is 5.30. The highest BCUT2D eigenvalue weighted by Crippen LogP contribution is 2.31. The fraction of sp³-hybridized carbons (Fsp3) is 0.316. The van der Waals surface area contributed by atoms with Crippen LogP contribution in [0.2, 0.25) is 0 Å². The minimum atomic E-state index is -3.79. The fourth-order valence-corrected chi connectivity index (χ4v) is 4.93. The van der Waals surface area contributed by atoms with Crippen molar-refractivity contribution >= 4 is 16.0 Å². The molecule has 1 unspecified atom stereocenters. The molecule has 0 fully saturated rings. The maximum atomic E-state index is 13.0. The predicted octanol–water partition coefficient (Wildman–Crippen LogP) is 2.02. The van der Waals surface area contributed by atoms with Crippen LogP contribution in [0.25, 0.3) is 11.4 Å². The molecular formula is C19H21N5O4S. The van der Waals surface area contributed by atoms with Crippen LogP contribution in [-0.4, -0.2) is 39.2 Å². The number of nitrogens with zero attached hydrogens (tertiary/aromatic N) is 3. The van der Waals surface area contributed by atoms with E-state index in [1.807, 2.05) is 6.92 Å². The molecular weight excluding hydrogens is 394 g/mol. The summed E-state index contributed by atoms with van der Waals surface area (Å²) in [6.45, 7) is 1.64. The molecule has 3 N–H and O–H groups in total. The van der Waals surface area contributed by atoms with Gasteiger partial charge in [-0.05, 0) is 38.3 Å². The number of rotatable bonds is 6. The van der Waals surface area contributed by atoms with Gasteiger partial charge < -0.3 is 10.1 Å². The number of aromatic amines is 1. The summed E-state index contributed by atoms with van der Waals surface area (Å²) in [5, 5.41) is 13.2. The Balaban J connectivity index is 1.61. The van der Waals surface area contributed by atoms with Gasteiger partial charge in [0.1, 0.15) is 12.4 Å². The number of hydrogen-bond donors (Lipinski definition) is 3. The Kier molecular flexibility index (Phi) is 4.97. The molecule has 1 atom stereocenters. The molecule has 1 aliphatic carbocycles. The normalized spacial score (nSPS) is 16.5. The Labute approximate surface area is 167 Å². The number of aliphatic carboxylic acids is 1. The minimum absolute atomic E-state index is 0.147. The van der Waals surface area contributed by atoms with E-state index in [2.05, 4.69) is 19.8 Å². The summed E-state index contributed by atoms with van der Waals surface area (Å²) in [5.74, 6) is -0.377. The van der Waals surface area contributed by atoms with Gasteiger partial charge in [-0.1, -0.05) is 12.1 Å². The molecule has 9 nitrogen and oxygen atoms in total. The summed E-state index contributed by atoms with van der Waals surface area (Å²) in [4.78, 5) is 18.5. The van der Waals surface area contributed by atoms with E-state index in [0.29, 0.717) is 24.2 Å². The van der Waals surface area contributed by atoms with E-state index in [1.54, 1.807) is 36.7 Å². The zero-order valence-corrected chi connectivity index (χ0v) is 16.6. The van der Waals surface area contributed by atoms with Crippen molar-refractivity contribution in [3.63, 3.8) is 0 Å². The lowest BCUT2D eigenvalue weighted by molar-refractivity contribution is -0.137. The molecule has 2 aromatic heterocycles. The van der Waals surface area contributed by atoms with E-state index in [0.717, 1.165) is 23.4 Å². The lowest BCUT2D eigenvalue weighted by Gasteiger charge is -2.24. The van der Waals surface area contributed by atoms with Gasteiger partial charge >= 0.3 is 5.97 Å². The van der Waals surface area contributed by atoms with Crippen LogP contribution in [0.15, 0.2) is 41.6 Å². The van der Waals surface area contributed by atoms with Gasteiger partial charge in [0.2, 0.25) is 10.0 Å². The monoisotopic (exact) mass is 415 g/mol. The quantitative estimate of drug-likeness (QED) is 0.565. The van der Waals surface area contributed by atoms with Gasteiger partial charge in [0.05, 0.1) is 17.1 Å². The summed E-state index contributed by atoms with van der Waals surface area (Å²) in [7, 11) is -3.79. The van der Waals surface area contributed by atoms with E-state index in [9.17, 15) is 13.2 Å². The second-order valence-electron chi connectivity index (χ2n) is 7.11. The van der Waals surface area contributed by atoms with Crippen molar-refractivity contribution in [3.05, 3.63) is 53.6 Å². The number of sulfonamides is 1. The molecule has 0 saturated heterocycles. The molecule has 0 amide bonds. The second kappa shape index (κ2) is 7.45. The summed E-state index contributed by atoms with van der Waals surface area (Å²) in [5.41, 5.74) is 3.07.